The van der Waals surface area contributed by atoms with E-state index in [1.807, 2.05) is 0 Å². The molecule has 0 rings (SSSR count). The summed E-state index contributed by atoms with van der Waals surface area (Å²) < 4.78 is 5.48. The molecule has 3 heteroatoms. The van der Waals surface area contributed by atoms with Crippen molar-refractivity contribution < 1.29 is 14.6 Å². The van der Waals surface area contributed by atoms with Crippen molar-refractivity contribution in [1.29, 1.82) is 0 Å². The van der Waals surface area contributed by atoms with Crippen molar-refractivity contribution >= 4 is 5.97 Å². The first-order chi connectivity index (χ1) is 10.8. The molecule has 0 aliphatic carbocycles. The number of ether oxygens (including phenoxy) is 1. The Bertz CT molecular complexity index is 241. The number of carbonyl (C=O) groups is 1. The van der Waals surface area contributed by atoms with Crippen LogP contribution >= 0.6 is 0 Å². The van der Waals surface area contributed by atoms with Crippen LogP contribution in [-0.2, 0) is 9.53 Å². The summed E-state index contributed by atoms with van der Waals surface area (Å²) in [6.45, 7) is 5.23. The number of aliphatic hydroxyl groups excluding tert-OH is 1. The third-order valence-electron chi connectivity index (χ3n) is 4.19. The second kappa shape index (κ2) is 16.8. The average Bonchev–Trinajstić information content (AvgIpc) is 2.53. The van der Waals surface area contributed by atoms with Crippen LogP contribution in [0, 0.1) is 5.92 Å². The lowest BCUT2D eigenvalue weighted by Crippen LogP contribution is -2.18. The van der Waals surface area contributed by atoms with Crippen LogP contribution in [0.4, 0.5) is 0 Å². The van der Waals surface area contributed by atoms with Crippen LogP contribution in [0.2, 0.25) is 0 Å². The van der Waals surface area contributed by atoms with Gasteiger partial charge >= 0.3 is 5.97 Å². The summed E-state index contributed by atoms with van der Waals surface area (Å²) in [5.74, 6) is 0.145. The molecule has 132 valence electrons. The predicted octanol–water partition coefficient (Wildman–Crippen LogP) is 5.25. The summed E-state index contributed by atoms with van der Waals surface area (Å²) in [6, 6.07) is 0. The zero-order valence-corrected chi connectivity index (χ0v) is 14.9. The molecule has 0 saturated carbocycles. The normalized spacial score (nSPS) is 12.3. The van der Waals surface area contributed by atoms with Gasteiger partial charge in [-0.2, -0.15) is 0 Å². The van der Waals surface area contributed by atoms with Gasteiger partial charge in [0.25, 0.3) is 0 Å². The van der Waals surface area contributed by atoms with E-state index in [2.05, 4.69) is 13.8 Å². The fraction of sp³-hybridized carbons (Fsp3) is 0.947. The third-order valence-corrected chi connectivity index (χ3v) is 4.19. The van der Waals surface area contributed by atoms with E-state index >= 15 is 0 Å². The van der Waals surface area contributed by atoms with Crippen molar-refractivity contribution in [3.05, 3.63) is 0 Å². The first-order valence-corrected chi connectivity index (χ1v) is 9.53. The van der Waals surface area contributed by atoms with Gasteiger partial charge < -0.3 is 9.84 Å². The number of hydrogen-bond acceptors (Lipinski definition) is 3. The van der Waals surface area contributed by atoms with Crippen LogP contribution in [0.1, 0.15) is 97.3 Å². The molecule has 0 saturated heterocycles. The highest BCUT2D eigenvalue weighted by Crippen LogP contribution is 2.19. The Labute approximate surface area is 137 Å². The Morgan fingerprint density at radius 3 is 2.09 bits per heavy atom. The Kier molecular flexibility index (Phi) is 16.4. The van der Waals surface area contributed by atoms with E-state index in [1.54, 1.807) is 0 Å². The van der Waals surface area contributed by atoms with Crippen LogP contribution in [0.15, 0.2) is 0 Å². The molecule has 0 spiro atoms. The minimum absolute atomic E-state index is 0.0281. The molecule has 0 amide bonds. The maximum Gasteiger partial charge on any atom is 0.308 e. The number of unbranched alkanes of at least 4 members (excludes halogenated alkanes) is 8. The number of carbonyl (C=O) groups excluding carboxylic acids is 1. The van der Waals surface area contributed by atoms with E-state index in [4.69, 9.17) is 9.84 Å². The summed E-state index contributed by atoms with van der Waals surface area (Å²) in [6.07, 6.45) is 14.2. The van der Waals surface area contributed by atoms with Gasteiger partial charge in [-0.25, -0.2) is 0 Å². The predicted molar refractivity (Wildman–Crippen MR) is 92.9 cm³/mol. The van der Waals surface area contributed by atoms with Crippen LogP contribution in [0.5, 0.6) is 0 Å². The fourth-order valence-corrected chi connectivity index (χ4v) is 2.68. The van der Waals surface area contributed by atoms with Gasteiger partial charge in [-0.1, -0.05) is 71.6 Å². The molecule has 3 nitrogen and oxygen atoms in total. The lowest BCUT2D eigenvalue weighted by atomic mass is 9.95. The smallest absolute Gasteiger partial charge is 0.308 e. The summed E-state index contributed by atoms with van der Waals surface area (Å²) in [7, 11) is 0. The van der Waals surface area contributed by atoms with Gasteiger partial charge in [0.15, 0.2) is 0 Å². The van der Waals surface area contributed by atoms with E-state index in [0.717, 1.165) is 64.2 Å². The minimum atomic E-state index is 0.0281. The highest BCUT2D eigenvalue weighted by molar-refractivity contribution is 5.72. The Hall–Kier alpha value is -0.570. The van der Waals surface area contributed by atoms with Gasteiger partial charge in [-0.3, -0.25) is 4.79 Å². The van der Waals surface area contributed by atoms with Crippen molar-refractivity contribution in [1.82, 2.24) is 0 Å². The van der Waals surface area contributed by atoms with E-state index in [0.29, 0.717) is 6.61 Å². The number of aliphatic hydroxyl groups is 1. The Balaban J connectivity index is 3.80. The summed E-state index contributed by atoms with van der Waals surface area (Å²) in [5.41, 5.74) is 0. The maximum atomic E-state index is 12.2. The zero-order chi connectivity index (χ0) is 16.5. The average molecular weight is 315 g/mol. The highest BCUT2D eigenvalue weighted by Gasteiger charge is 2.18. The SMILES string of the molecule is CCCCCCC(CCCC)C(=O)OCCCCCCCO. The van der Waals surface area contributed by atoms with Crippen LogP contribution in [-0.4, -0.2) is 24.3 Å². The number of rotatable bonds is 16. The van der Waals surface area contributed by atoms with Crippen LogP contribution in [0.25, 0.3) is 0 Å². The molecule has 0 radical (unpaired) electrons. The molecule has 0 bridgehead atoms. The molecule has 0 aliphatic heterocycles. The van der Waals surface area contributed by atoms with Gasteiger partial charge in [0, 0.05) is 6.61 Å². The molecule has 0 heterocycles. The fourth-order valence-electron chi connectivity index (χ4n) is 2.68. The monoisotopic (exact) mass is 314 g/mol. The molecule has 1 unspecified atom stereocenters. The molecule has 0 aromatic rings. The Morgan fingerprint density at radius 1 is 0.818 bits per heavy atom. The lowest BCUT2D eigenvalue weighted by Gasteiger charge is -2.15. The van der Waals surface area contributed by atoms with Gasteiger partial charge in [0.1, 0.15) is 0 Å². The molecule has 0 aromatic carbocycles. The largest absolute Gasteiger partial charge is 0.465 e. The summed E-state index contributed by atoms with van der Waals surface area (Å²) in [5, 5.41) is 8.71. The van der Waals surface area contributed by atoms with Gasteiger partial charge in [0.2, 0.25) is 0 Å². The molecular formula is C19H38O3. The quantitative estimate of drug-likeness (QED) is 0.313. The molecule has 0 aromatic heterocycles. The van der Waals surface area contributed by atoms with Gasteiger partial charge in [0.05, 0.1) is 12.5 Å². The Morgan fingerprint density at radius 2 is 1.41 bits per heavy atom. The standard InChI is InChI=1S/C19H38O3/c1-3-5-7-11-15-18(14-6-4-2)19(21)22-17-13-10-8-9-12-16-20/h18,20H,3-17H2,1-2H3. The van der Waals surface area contributed by atoms with Crippen molar-refractivity contribution in [3.8, 4) is 0 Å². The van der Waals surface area contributed by atoms with Crippen molar-refractivity contribution in [2.75, 3.05) is 13.2 Å². The van der Waals surface area contributed by atoms with Gasteiger partial charge in [-0.15, -0.1) is 0 Å². The number of esters is 1. The molecule has 22 heavy (non-hydrogen) atoms. The molecule has 0 fully saturated rings. The zero-order valence-electron chi connectivity index (χ0n) is 14.9. The van der Waals surface area contributed by atoms with Crippen molar-refractivity contribution in [2.24, 2.45) is 5.92 Å². The second-order valence-corrected chi connectivity index (χ2v) is 6.35. The third kappa shape index (κ3) is 13.1. The van der Waals surface area contributed by atoms with Crippen LogP contribution in [0.3, 0.4) is 0 Å². The minimum Gasteiger partial charge on any atom is -0.465 e. The van der Waals surface area contributed by atoms with Crippen LogP contribution < -0.4 is 0 Å². The molecule has 1 N–H and O–H groups in total. The van der Waals surface area contributed by atoms with E-state index in [9.17, 15) is 4.79 Å². The van der Waals surface area contributed by atoms with E-state index in [1.165, 1.54) is 19.3 Å². The number of hydrogen-bond donors (Lipinski definition) is 1. The molecular weight excluding hydrogens is 276 g/mol. The van der Waals surface area contributed by atoms with E-state index in [-0.39, 0.29) is 18.5 Å². The van der Waals surface area contributed by atoms with Crippen molar-refractivity contribution in [2.45, 2.75) is 97.3 Å². The summed E-state index contributed by atoms with van der Waals surface area (Å²) in [4.78, 5) is 12.2. The first kappa shape index (κ1) is 21.4. The summed E-state index contributed by atoms with van der Waals surface area (Å²) >= 11 is 0. The topological polar surface area (TPSA) is 46.5 Å². The van der Waals surface area contributed by atoms with Gasteiger partial charge in [-0.05, 0) is 25.7 Å². The van der Waals surface area contributed by atoms with E-state index < -0.39 is 0 Å². The maximum absolute atomic E-state index is 12.2. The van der Waals surface area contributed by atoms with Crippen molar-refractivity contribution in [3.63, 3.8) is 0 Å². The first-order valence-electron chi connectivity index (χ1n) is 9.53. The second-order valence-electron chi connectivity index (χ2n) is 6.35. The molecule has 0 aliphatic rings. The lowest BCUT2D eigenvalue weighted by molar-refractivity contribution is -0.149. The highest BCUT2D eigenvalue weighted by atomic mass is 16.5. The molecule has 1 atom stereocenters.